The molecule has 0 unspecified atom stereocenters. The van der Waals surface area contributed by atoms with Crippen LogP contribution in [0.2, 0.25) is 0 Å². The summed E-state index contributed by atoms with van der Waals surface area (Å²) in [6.45, 7) is 5.88. The van der Waals surface area contributed by atoms with E-state index in [1.54, 1.807) is 12.3 Å². The summed E-state index contributed by atoms with van der Waals surface area (Å²) in [6.07, 6.45) is 2.49. The van der Waals surface area contributed by atoms with Gasteiger partial charge in [0.25, 0.3) is 5.91 Å². The first kappa shape index (κ1) is 10.7. The number of aromatic nitrogens is 1. The zero-order chi connectivity index (χ0) is 10.6. The molecule has 0 spiro atoms. The zero-order valence-electron chi connectivity index (χ0n) is 8.87. The topological polar surface area (TPSA) is 42.0 Å². The van der Waals surface area contributed by atoms with Crippen LogP contribution < -0.4 is 5.32 Å². The maximum atomic E-state index is 11.7. The van der Waals surface area contributed by atoms with E-state index in [0.717, 1.165) is 12.1 Å². The first-order valence-corrected chi connectivity index (χ1v) is 4.90. The van der Waals surface area contributed by atoms with Crippen molar-refractivity contribution in [3.8, 4) is 0 Å². The Morgan fingerprint density at radius 2 is 2.29 bits per heavy atom. The van der Waals surface area contributed by atoms with E-state index in [1.165, 1.54) is 0 Å². The van der Waals surface area contributed by atoms with Crippen molar-refractivity contribution in [3.05, 3.63) is 29.6 Å². The summed E-state index contributed by atoms with van der Waals surface area (Å²) in [5.41, 5.74) is 1.54. The molecule has 1 N–H and O–H groups in total. The smallest absolute Gasteiger partial charge is 0.253 e. The minimum Gasteiger partial charge on any atom is -0.350 e. The van der Waals surface area contributed by atoms with Crippen LogP contribution in [-0.4, -0.2) is 16.9 Å². The van der Waals surface area contributed by atoms with Gasteiger partial charge >= 0.3 is 0 Å². The van der Waals surface area contributed by atoms with Gasteiger partial charge in [-0.3, -0.25) is 9.78 Å². The van der Waals surface area contributed by atoms with Gasteiger partial charge in [0.05, 0.1) is 11.3 Å². The second-order valence-corrected chi connectivity index (χ2v) is 3.48. The van der Waals surface area contributed by atoms with Gasteiger partial charge in [0.15, 0.2) is 0 Å². The van der Waals surface area contributed by atoms with Crippen molar-refractivity contribution in [3.63, 3.8) is 0 Å². The van der Waals surface area contributed by atoms with Crippen molar-refractivity contribution < 1.29 is 4.79 Å². The molecule has 1 amide bonds. The molecule has 0 fully saturated rings. The van der Waals surface area contributed by atoms with Gasteiger partial charge in [-0.15, -0.1) is 0 Å². The van der Waals surface area contributed by atoms with Crippen molar-refractivity contribution >= 4 is 5.91 Å². The fraction of sp³-hybridized carbons (Fsp3) is 0.455. The molecule has 0 aliphatic carbocycles. The van der Waals surface area contributed by atoms with Crippen molar-refractivity contribution in [2.75, 3.05) is 0 Å². The molecular weight excluding hydrogens is 176 g/mol. The number of nitrogens with zero attached hydrogens (tertiary/aromatic N) is 1. The van der Waals surface area contributed by atoms with Gasteiger partial charge in [0.2, 0.25) is 0 Å². The Morgan fingerprint density at radius 1 is 1.57 bits per heavy atom. The predicted molar refractivity (Wildman–Crippen MR) is 56.2 cm³/mol. The first-order chi connectivity index (χ1) is 6.65. The molecule has 0 saturated carbocycles. The van der Waals surface area contributed by atoms with Crippen LogP contribution in [0, 0.1) is 0 Å². The zero-order valence-corrected chi connectivity index (χ0v) is 8.87. The largest absolute Gasteiger partial charge is 0.350 e. The van der Waals surface area contributed by atoms with Crippen molar-refractivity contribution in [1.82, 2.24) is 10.3 Å². The molecule has 0 atom stereocenters. The van der Waals surface area contributed by atoms with E-state index in [1.807, 2.05) is 26.8 Å². The lowest BCUT2D eigenvalue weighted by atomic mass is 10.1. The quantitative estimate of drug-likeness (QED) is 0.793. The Bertz CT molecular complexity index is 321. The summed E-state index contributed by atoms with van der Waals surface area (Å²) >= 11 is 0. The number of rotatable bonds is 3. The van der Waals surface area contributed by atoms with Gasteiger partial charge in [-0.2, -0.15) is 0 Å². The van der Waals surface area contributed by atoms with Gasteiger partial charge in [-0.05, 0) is 32.4 Å². The molecule has 0 aliphatic heterocycles. The van der Waals surface area contributed by atoms with Crippen LogP contribution in [0.25, 0.3) is 0 Å². The highest BCUT2D eigenvalue weighted by molar-refractivity contribution is 5.95. The van der Waals surface area contributed by atoms with Gasteiger partial charge in [-0.25, -0.2) is 0 Å². The van der Waals surface area contributed by atoms with E-state index in [4.69, 9.17) is 0 Å². The van der Waals surface area contributed by atoms with Crippen LogP contribution in [-0.2, 0) is 6.42 Å². The highest BCUT2D eigenvalue weighted by atomic mass is 16.1. The average Bonchev–Trinajstić information content (AvgIpc) is 2.16. The summed E-state index contributed by atoms with van der Waals surface area (Å²) in [6, 6.07) is 3.75. The molecule has 76 valence electrons. The molecule has 3 heteroatoms. The maximum absolute atomic E-state index is 11.7. The summed E-state index contributed by atoms with van der Waals surface area (Å²) in [4.78, 5) is 15.8. The molecule has 14 heavy (non-hydrogen) atoms. The molecule has 1 aromatic rings. The van der Waals surface area contributed by atoms with E-state index in [-0.39, 0.29) is 11.9 Å². The van der Waals surface area contributed by atoms with E-state index >= 15 is 0 Å². The molecule has 1 aromatic heterocycles. The summed E-state index contributed by atoms with van der Waals surface area (Å²) in [5, 5.41) is 2.85. The first-order valence-electron chi connectivity index (χ1n) is 4.90. The van der Waals surface area contributed by atoms with Gasteiger partial charge in [0.1, 0.15) is 0 Å². The molecule has 1 heterocycles. The van der Waals surface area contributed by atoms with Crippen molar-refractivity contribution in [1.29, 1.82) is 0 Å². The number of hydrogen-bond donors (Lipinski definition) is 1. The molecule has 1 rings (SSSR count). The van der Waals surface area contributed by atoms with Crippen molar-refractivity contribution in [2.45, 2.75) is 33.2 Å². The van der Waals surface area contributed by atoms with Crippen LogP contribution in [0.15, 0.2) is 18.3 Å². The molecule has 0 radical (unpaired) electrons. The Kier molecular flexibility index (Phi) is 3.63. The highest BCUT2D eigenvalue weighted by Crippen LogP contribution is 2.05. The van der Waals surface area contributed by atoms with Gasteiger partial charge in [-0.1, -0.05) is 6.92 Å². The Hall–Kier alpha value is -1.38. The lowest BCUT2D eigenvalue weighted by Gasteiger charge is -2.10. The normalized spacial score (nSPS) is 10.3. The fourth-order valence-corrected chi connectivity index (χ4v) is 1.27. The van der Waals surface area contributed by atoms with Crippen LogP contribution in [0.4, 0.5) is 0 Å². The lowest BCUT2D eigenvalue weighted by molar-refractivity contribution is 0.0941. The van der Waals surface area contributed by atoms with E-state index < -0.39 is 0 Å². The number of carbonyl (C=O) groups is 1. The SMILES string of the molecule is CCc1ncccc1C(=O)NC(C)C. The Labute approximate surface area is 84.6 Å². The third-order valence-corrected chi connectivity index (χ3v) is 1.89. The monoisotopic (exact) mass is 192 g/mol. The second-order valence-electron chi connectivity index (χ2n) is 3.48. The standard InChI is InChI=1S/C11H16N2O/c1-4-10-9(6-5-7-12-10)11(14)13-8(2)3/h5-8H,4H2,1-3H3,(H,13,14). The summed E-state index contributed by atoms with van der Waals surface area (Å²) < 4.78 is 0. The molecular formula is C11H16N2O. The number of nitrogens with one attached hydrogen (secondary N) is 1. The predicted octanol–water partition coefficient (Wildman–Crippen LogP) is 1.78. The molecule has 0 bridgehead atoms. The lowest BCUT2D eigenvalue weighted by Crippen LogP contribution is -2.31. The molecule has 3 nitrogen and oxygen atoms in total. The number of hydrogen-bond acceptors (Lipinski definition) is 2. The second kappa shape index (κ2) is 4.74. The average molecular weight is 192 g/mol. The van der Waals surface area contributed by atoms with Crippen LogP contribution >= 0.6 is 0 Å². The summed E-state index contributed by atoms with van der Waals surface area (Å²) in [7, 11) is 0. The minimum atomic E-state index is -0.0371. The van der Waals surface area contributed by atoms with E-state index in [9.17, 15) is 4.79 Å². The van der Waals surface area contributed by atoms with Crippen LogP contribution in [0.5, 0.6) is 0 Å². The minimum absolute atomic E-state index is 0.0371. The van der Waals surface area contributed by atoms with E-state index in [0.29, 0.717) is 5.56 Å². The summed E-state index contributed by atoms with van der Waals surface area (Å²) in [5.74, 6) is -0.0371. The maximum Gasteiger partial charge on any atom is 0.253 e. The van der Waals surface area contributed by atoms with Crippen LogP contribution in [0.3, 0.4) is 0 Å². The third-order valence-electron chi connectivity index (χ3n) is 1.89. The van der Waals surface area contributed by atoms with E-state index in [2.05, 4.69) is 10.3 Å². The van der Waals surface area contributed by atoms with Gasteiger partial charge < -0.3 is 5.32 Å². The number of pyridine rings is 1. The highest BCUT2D eigenvalue weighted by Gasteiger charge is 2.10. The van der Waals surface area contributed by atoms with Crippen LogP contribution in [0.1, 0.15) is 36.8 Å². The Morgan fingerprint density at radius 3 is 2.86 bits per heavy atom. The van der Waals surface area contributed by atoms with Gasteiger partial charge in [0, 0.05) is 12.2 Å². The molecule has 0 aliphatic rings. The van der Waals surface area contributed by atoms with Crippen molar-refractivity contribution in [2.24, 2.45) is 0 Å². The molecule has 0 aromatic carbocycles. The number of carbonyl (C=O) groups excluding carboxylic acids is 1. The molecule has 0 saturated heterocycles. The fourth-order valence-electron chi connectivity index (χ4n) is 1.27. The number of amides is 1. The number of aryl methyl sites for hydroxylation is 1. The third kappa shape index (κ3) is 2.55. The Balaban J connectivity index is 2.88.